The summed E-state index contributed by atoms with van der Waals surface area (Å²) in [7, 11) is 0. The molecular weight excluding hydrogens is 920 g/mol. The number of piperidine rings is 1. The Morgan fingerprint density at radius 2 is 1.55 bits per heavy atom. The molecule has 0 bridgehead atoms. The predicted octanol–water partition coefficient (Wildman–Crippen LogP) is 5.48. The number of ether oxygens (including phenoxy) is 3. The van der Waals surface area contributed by atoms with E-state index >= 15 is 0 Å². The Labute approximate surface area is 408 Å². The molecule has 1 saturated heterocycles. The minimum Gasteiger partial charge on any atom is -0.491 e. The number of aliphatic hydroxyl groups excluding tert-OH is 2. The lowest BCUT2D eigenvalue weighted by Gasteiger charge is -2.27. The van der Waals surface area contributed by atoms with Crippen LogP contribution in [0.25, 0.3) is 22.4 Å². The van der Waals surface area contributed by atoms with Crippen LogP contribution in [-0.2, 0) is 36.9 Å². The van der Waals surface area contributed by atoms with Crippen molar-refractivity contribution >= 4 is 41.3 Å². The van der Waals surface area contributed by atoms with E-state index in [9.17, 15) is 48.2 Å². The lowest BCUT2D eigenvalue weighted by atomic mass is 9.90. The monoisotopic (exact) mass is 974 g/mol. The molecule has 5 aromatic rings. The molecule has 3 heterocycles. The molecule has 1 fully saturated rings. The molecule has 5 N–H and O–H groups in total. The maximum absolute atomic E-state index is 14.7. The lowest BCUT2D eigenvalue weighted by Crippen LogP contribution is -2.54. The summed E-state index contributed by atoms with van der Waals surface area (Å²) in [5, 5.41) is 35.1. The second kappa shape index (κ2) is 23.4. The third-order valence-corrected chi connectivity index (χ3v) is 12.1. The number of carboxylic acids is 1. The number of carboxylic acid groups (broad SMARTS) is 1. The molecule has 3 atom stereocenters. The average Bonchev–Trinajstić information content (AvgIpc) is 3.82. The van der Waals surface area contributed by atoms with Crippen molar-refractivity contribution in [2.24, 2.45) is 0 Å². The molecule has 2 aliphatic heterocycles. The van der Waals surface area contributed by atoms with E-state index in [4.69, 9.17) is 19.3 Å². The molecule has 71 heavy (non-hydrogen) atoms. The Kier molecular flexibility index (Phi) is 16.9. The van der Waals surface area contributed by atoms with Gasteiger partial charge in [0.2, 0.25) is 11.8 Å². The second-order valence-electron chi connectivity index (χ2n) is 17.6. The van der Waals surface area contributed by atoms with Gasteiger partial charge in [0.25, 0.3) is 17.7 Å². The van der Waals surface area contributed by atoms with Gasteiger partial charge in [-0.1, -0.05) is 62.4 Å². The summed E-state index contributed by atoms with van der Waals surface area (Å²) >= 11 is 0. The molecule has 0 aliphatic carbocycles. The van der Waals surface area contributed by atoms with Gasteiger partial charge >= 0.3 is 5.97 Å². The second-order valence-corrected chi connectivity index (χ2v) is 17.6. The molecule has 17 nitrogen and oxygen atoms in total. The Morgan fingerprint density at radius 1 is 0.817 bits per heavy atom. The fourth-order valence-electron chi connectivity index (χ4n) is 8.90. The number of Topliss-reactive ketones (excluding diaryl/α,β-unsaturated/α-hetero) is 1. The maximum atomic E-state index is 14.7. The number of nitrogens with one attached hydrogen (secondary N) is 2. The van der Waals surface area contributed by atoms with E-state index in [-0.39, 0.29) is 93.6 Å². The van der Waals surface area contributed by atoms with Crippen molar-refractivity contribution < 1.29 is 67.5 Å². The minimum atomic E-state index is -1.24. The highest BCUT2D eigenvalue weighted by atomic mass is 19.1. The number of carbonyl (C=O) groups is 7. The number of amides is 5. The van der Waals surface area contributed by atoms with Crippen LogP contribution in [0.4, 0.5) is 4.39 Å². The van der Waals surface area contributed by atoms with E-state index in [1.54, 1.807) is 36.4 Å². The summed E-state index contributed by atoms with van der Waals surface area (Å²) in [6.07, 6.45) is -2.77. The average molecular weight is 975 g/mol. The number of nitrogens with zero attached hydrogens (tertiary/aromatic N) is 2. The van der Waals surface area contributed by atoms with Crippen molar-refractivity contribution in [3.63, 3.8) is 0 Å². The molecule has 5 amide bonds. The van der Waals surface area contributed by atoms with Gasteiger partial charge in [0, 0.05) is 42.8 Å². The van der Waals surface area contributed by atoms with Crippen molar-refractivity contribution in [2.75, 3.05) is 33.0 Å². The van der Waals surface area contributed by atoms with Crippen LogP contribution >= 0.6 is 0 Å². The normalized spacial score (nSPS) is 15.4. The number of halogens is 1. The Balaban J connectivity index is 0.930. The fourth-order valence-corrected chi connectivity index (χ4v) is 8.90. The van der Waals surface area contributed by atoms with Gasteiger partial charge in [-0.25, -0.2) is 4.39 Å². The van der Waals surface area contributed by atoms with Crippen LogP contribution in [0.15, 0.2) is 97.1 Å². The maximum Gasteiger partial charge on any atom is 0.305 e. The van der Waals surface area contributed by atoms with Gasteiger partial charge in [0.1, 0.15) is 30.0 Å². The molecule has 4 aromatic carbocycles. The molecule has 18 heteroatoms. The van der Waals surface area contributed by atoms with Crippen molar-refractivity contribution in [2.45, 2.75) is 83.1 Å². The van der Waals surface area contributed by atoms with E-state index < -0.39 is 72.6 Å². The zero-order valence-electron chi connectivity index (χ0n) is 39.2. The molecule has 372 valence electrons. The number of hydrogen-bond acceptors (Lipinski definition) is 12. The summed E-state index contributed by atoms with van der Waals surface area (Å²) in [4.78, 5) is 89.7. The van der Waals surface area contributed by atoms with Gasteiger partial charge < -0.3 is 39.4 Å². The Bertz CT molecular complexity index is 2780. The van der Waals surface area contributed by atoms with Crippen molar-refractivity contribution in [3.8, 4) is 33.9 Å². The van der Waals surface area contributed by atoms with Gasteiger partial charge in [-0.2, -0.15) is 0 Å². The molecular formula is C53H55FN4O13. The zero-order valence-corrected chi connectivity index (χ0v) is 39.2. The molecule has 7 rings (SSSR count). The minimum absolute atomic E-state index is 0.00431. The number of rotatable bonds is 24. The third kappa shape index (κ3) is 12.4. The highest BCUT2D eigenvalue weighted by Crippen LogP contribution is 2.43. The highest BCUT2D eigenvalue weighted by molar-refractivity contribution is 6.24. The predicted molar refractivity (Wildman–Crippen MR) is 255 cm³/mol. The topological polar surface area (TPSA) is 240 Å². The Morgan fingerprint density at radius 3 is 2.24 bits per heavy atom. The van der Waals surface area contributed by atoms with Crippen LogP contribution in [0.1, 0.15) is 94.2 Å². The molecule has 0 saturated carbocycles. The number of aliphatic carboxylic acids is 1. The van der Waals surface area contributed by atoms with Crippen LogP contribution in [-0.4, -0.2) is 117 Å². The number of ketones is 1. The van der Waals surface area contributed by atoms with Gasteiger partial charge in [0.05, 0.1) is 48.7 Å². The number of carbonyl (C=O) groups excluding carboxylic acids is 6. The summed E-state index contributed by atoms with van der Waals surface area (Å²) < 4.78 is 33.4. The fraction of sp³-hybridized carbons (Fsp3) is 0.340. The number of aromatic nitrogens is 1. The number of hydrogen-bond donors (Lipinski definition) is 5. The molecule has 1 unspecified atom stereocenters. The quantitative estimate of drug-likeness (QED) is 0.0293. The molecule has 2 aliphatic rings. The largest absolute Gasteiger partial charge is 0.491 e. The third-order valence-electron chi connectivity index (χ3n) is 12.1. The van der Waals surface area contributed by atoms with Crippen molar-refractivity contribution in [1.82, 2.24) is 20.1 Å². The smallest absolute Gasteiger partial charge is 0.305 e. The zero-order chi connectivity index (χ0) is 50.8. The molecule has 1 aromatic heterocycles. The van der Waals surface area contributed by atoms with Gasteiger partial charge in [-0.05, 0) is 90.4 Å². The van der Waals surface area contributed by atoms with Crippen molar-refractivity contribution in [3.05, 3.63) is 131 Å². The van der Waals surface area contributed by atoms with Gasteiger partial charge in [0.15, 0.2) is 12.4 Å². The van der Waals surface area contributed by atoms with Gasteiger partial charge in [-0.15, -0.1) is 0 Å². The van der Waals surface area contributed by atoms with E-state index in [1.807, 2.05) is 48.7 Å². The van der Waals surface area contributed by atoms with Crippen LogP contribution in [0.2, 0.25) is 0 Å². The summed E-state index contributed by atoms with van der Waals surface area (Å²) in [5.74, 6) is -4.59. The van der Waals surface area contributed by atoms with Gasteiger partial charge in [-0.3, -0.25) is 43.8 Å². The first-order valence-corrected chi connectivity index (χ1v) is 23.3. The number of aliphatic hydroxyl groups is 2. The van der Waals surface area contributed by atoms with E-state index in [0.717, 1.165) is 16.0 Å². The lowest BCUT2D eigenvalue weighted by molar-refractivity contribution is -0.140. The summed E-state index contributed by atoms with van der Waals surface area (Å²) in [6, 6.07) is 25.7. The van der Waals surface area contributed by atoms with Crippen molar-refractivity contribution in [1.29, 1.82) is 0 Å². The van der Waals surface area contributed by atoms with Crippen LogP contribution in [0, 0.1) is 5.82 Å². The number of benzene rings is 4. The first-order valence-electron chi connectivity index (χ1n) is 23.3. The van der Waals surface area contributed by atoms with E-state index in [0.29, 0.717) is 33.8 Å². The van der Waals surface area contributed by atoms with E-state index in [2.05, 4.69) is 10.6 Å². The number of imide groups is 2. The van der Waals surface area contributed by atoms with Crippen LogP contribution in [0.5, 0.6) is 11.5 Å². The highest BCUT2D eigenvalue weighted by Gasteiger charge is 2.46. The van der Waals surface area contributed by atoms with Crippen LogP contribution in [0.3, 0.4) is 0 Å². The first-order chi connectivity index (χ1) is 34.1. The number of fused-ring (bicyclic) bond motifs is 1. The Hall–Kier alpha value is -7.54. The standard InChI is InChI=1S/C53H55FN4O13/c1-31(2)49-48(46(33-7-4-3-5-8-33)50(34-13-15-35(54)16-14-34)57(49)23-21-36(59)28-37(60)29-45(64)65)41(61)27-32-11-17-38(18-12-32)70-26-25-69-24-22-55-44(63)30-71-42-10-6-9-39-47(42)53(68)58(52(39)67)40-19-20-43(62)56-51(40)66/h3-18,31,36-37,40,59-60H,19-30H2,1-2H3,(H,55,63)(H,64,65)(H,56,62,66)/t36-,37-,40?/m1/s1. The molecule has 0 radical (unpaired) electrons. The first kappa shape index (κ1) is 51.3. The summed E-state index contributed by atoms with van der Waals surface area (Å²) in [5.41, 5.74) is 4.63. The summed E-state index contributed by atoms with van der Waals surface area (Å²) in [6.45, 7) is 4.35. The molecule has 0 spiro atoms. The SMILES string of the molecule is CC(C)c1c(C(=O)Cc2ccc(OCCOCCNC(=O)COc3cccc4c3C(=O)N(C3CCC(=O)NC3=O)C4=O)cc2)c(-c2ccccc2)c(-c2ccc(F)cc2)n1CC[C@@H](O)C[C@@H](O)CC(=O)O. The van der Waals surface area contributed by atoms with E-state index in [1.165, 1.54) is 30.3 Å². The van der Waals surface area contributed by atoms with Crippen LogP contribution < -0.4 is 20.1 Å².